The van der Waals surface area contributed by atoms with Gasteiger partial charge in [0.25, 0.3) is 0 Å². The van der Waals surface area contributed by atoms with Crippen molar-refractivity contribution in [2.24, 2.45) is 5.92 Å². The van der Waals surface area contributed by atoms with Gasteiger partial charge in [-0.1, -0.05) is 24.3 Å². The van der Waals surface area contributed by atoms with Crippen molar-refractivity contribution in [3.63, 3.8) is 0 Å². The lowest BCUT2D eigenvalue weighted by Gasteiger charge is -2.35. The van der Waals surface area contributed by atoms with Crippen LogP contribution in [0.3, 0.4) is 0 Å². The highest BCUT2D eigenvalue weighted by Crippen LogP contribution is 2.37. The van der Waals surface area contributed by atoms with E-state index in [-0.39, 0.29) is 17.7 Å². The van der Waals surface area contributed by atoms with Gasteiger partial charge in [0.15, 0.2) is 5.78 Å². The average Bonchev–Trinajstić information content (AvgIpc) is 2.77. The molecule has 0 saturated carbocycles. The van der Waals surface area contributed by atoms with Crippen molar-refractivity contribution in [3.05, 3.63) is 35.4 Å². The van der Waals surface area contributed by atoms with Gasteiger partial charge in [0, 0.05) is 24.6 Å². The summed E-state index contributed by atoms with van der Waals surface area (Å²) in [5.74, 6) is -0.836. The second-order valence-electron chi connectivity index (χ2n) is 5.40. The van der Waals surface area contributed by atoms with E-state index < -0.39 is 5.97 Å². The van der Waals surface area contributed by atoms with Crippen LogP contribution in [0, 0.1) is 5.92 Å². The first-order chi connectivity index (χ1) is 9.16. The highest BCUT2D eigenvalue weighted by molar-refractivity contribution is 6.01. The van der Waals surface area contributed by atoms with Gasteiger partial charge in [-0.2, -0.15) is 0 Å². The van der Waals surface area contributed by atoms with Crippen LogP contribution in [-0.4, -0.2) is 34.8 Å². The molecule has 1 heterocycles. The van der Waals surface area contributed by atoms with Crippen molar-refractivity contribution >= 4 is 11.8 Å². The summed E-state index contributed by atoms with van der Waals surface area (Å²) in [7, 11) is 0. The zero-order valence-electron chi connectivity index (χ0n) is 10.7. The lowest BCUT2D eigenvalue weighted by molar-refractivity contribution is -0.143. The molecule has 2 atom stereocenters. The Morgan fingerprint density at radius 1 is 1.32 bits per heavy atom. The second kappa shape index (κ2) is 4.78. The van der Waals surface area contributed by atoms with E-state index in [4.69, 9.17) is 5.11 Å². The Morgan fingerprint density at radius 3 is 2.89 bits per heavy atom. The zero-order valence-corrected chi connectivity index (χ0v) is 10.7. The molecule has 4 heteroatoms. The smallest absolute Gasteiger partial charge is 0.307 e. The quantitative estimate of drug-likeness (QED) is 0.883. The van der Waals surface area contributed by atoms with Gasteiger partial charge < -0.3 is 5.11 Å². The molecule has 1 aromatic rings. The van der Waals surface area contributed by atoms with Crippen molar-refractivity contribution in [3.8, 4) is 0 Å². The number of carboxylic acids is 1. The summed E-state index contributed by atoms with van der Waals surface area (Å²) < 4.78 is 0. The van der Waals surface area contributed by atoms with Crippen molar-refractivity contribution in [2.75, 3.05) is 13.1 Å². The number of carbonyl (C=O) groups is 2. The lowest BCUT2D eigenvalue weighted by Crippen LogP contribution is -2.40. The minimum atomic E-state index is -0.720. The van der Waals surface area contributed by atoms with Crippen LogP contribution in [0.5, 0.6) is 0 Å². The first-order valence-electron chi connectivity index (χ1n) is 6.76. The third-order valence-electron chi connectivity index (χ3n) is 4.24. The van der Waals surface area contributed by atoms with Gasteiger partial charge in [0.2, 0.25) is 0 Å². The number of hydrogen-bond acceptors (Lipinski definition) is 3. The first-order valence-corrected chi connectivity index (χ1v) is 6.76. The average molecular weight is 259 g/mol. The third-order valence-corrected chi connectivity index (χ3v) is 4.24. The molecule has 1 N–H and O–H groups in total. The lowest BCUT2D eigenvalue weighted by atomic mass is 9.95. The van der Waals surface area contributed by atoms with Crippen LogP contribution in [0.1, 0.15) is 41.2 Å². The summed E-state index contributed by atoms with van der Waals surface area (Å²) in [6.45, 7) is 1.44. The van der Waals surface area contributed by atoms with Crippen LogP contribution in [0.15, 0.2) is 24.3 Å². The molecule has 0 bridgehead atoms. The predicted molar refractivity (Wildman–Crippen MR) is 70.1 cm³/mol. The standard InChI is InChI=1S/C15H17NO3/c17-14-8-13(11-5-1-2-6-12(11)14)16-7-3-4-10(9-16)15(18)19/h1-2,5-6,10,13H,3-4,7-9H2,(H,18,19). The monoisotopic (exact) mass is 259 g/mol. The fraction of sp³-hybridized carbons (Fsp3) is 0.467. The normalized spacial score (nSPS) is 27.3. The van der Waals surface area contributed by atoms with Gasteiger partial charge in [0.1, 0.15) is 0 Å². The van der Waals surface area contributed by atoms with Crippen molar-refractivity contribution < 1.29 is 14.7 Å². The van der Waals surface area contributed by atoms with E-state index in [0.29, 0.717) is 13.0 Å². The molecule has 0 amide bonds. The number of carboxylic acid groups (broad SMARTS) is 1. The number of piperidine rings is 1. The number of Topliss-reactive ketones (excluding diaryl/α,β-unsaturated/α-hetero) is 1. The Bertz CT molecular complexity index is 526. The second-order valence-corrected chi connectivity index (χ2v) is 5.40. The number of benzene rings is 1. The fourth-order valence-corrected chi connectivity index (χ4v) is 3.25. The maximum Gasteiger partial charge on any atom is 0.307 e. The number of aliphatic carboxylic acids is 1. The molecule has 2 unspecified atom stereocenters. The number of likely N-dealkylation sites (tertiary alicyclic amines) is 1. The van der Waals surface area contributed by atoms with E-state index in [1.807, 2.05) is 24.3 Å². The molecule has 100 valence electrons. The van der Waals surface area contributed by atoms with Gasteiger partial charge in [-0.05, 0) is 24.9 Å². The molecule has 4 nitrogen and oxygen atoms in total. The molecule has 1 aliphatic carbocycles. The summed E-state index contributed by atoms with van der Waals surface area (Å²) in [4.78, 5) is 25.3. The number of fused-ring (bicyclic) bond motifs is 1. The first kappa shape index (κ1) is 12.4. The SMILES string of the molecule is O=C1CC(N2CCCC(C(=O)O)C2)c2ccccc21. The largest absolute Gasteiger partial charge is 0.481 e. The van der Waals surface area contributed by atoms with Crippen LogP contribution >= 0.6 is 0 Å². The molecule has 19 heavy (non-hydrogen) atoms. The Balaban J connectivity index is 1.84. The molecule has 2 aliphatic rings. The summed E-state index contributed by atoms with van der Waals surface area (Å²) in [5.41, 5.74) is 1.88. The zero-order chi connectivity index (χ0) is 13.4. The van der Waals surface area contributed by atoms with Gasteiger partial charge in [-0.3, -0.25) is 14.5 Å². The predicted octanol–water partition coefficient (Wildman–Crippen LogP) is 2.11. The summed E-state index contributed by atoms with van der Waals surface area (Å²) in [6, 6.07) is 7.77. The highest BCUT2D eigenvalue weighted by atomic mass is 16.4. The Labute approximate surface area is 112 Å². The maximum atomic E-state index is 12.0. The van der Waals surface area contributed by atoms with E-state index in [2.05, 4.69) is 4.90 Å². The molecule has 0 spiro atoms. The topological polar surface area (TPSA) is 57.6 Å². The van der Waals surface area contributed by atoms with Crippen molar-refractivity contribution in [1.29, 1.82) is 0 Å². The van der Waals surface area contributed by atoms with E-state index in [1.165, 1.54) is 0 Å². The number of nitrogens with zero attached hydrogens (tertiary/aromatic N) is 1. The van der Waals surface area contributed by atoms with E-state index in [0.717, 1.165) is 30.5 Å². The van der Waals surface area contributed by atoms with Crippen molar-refractivity contribution in [1.82, 2.24) is 4.90 Å². The van der Waals surface area contributed by atoms with Crippen LogP contribution in [0.25, 0.3) is 0 Å². The Kier molecular flexibility index (Phi) is 3.11. The molecule has 3 rings (SSSR count). The molecular formula is C15H17NO3. The molecule has 1 saturated heterocycles. The number of rotatable bonds is 2. The van der Waals surface area contributed by atoms with Gasteiger partial charge >= 0.3 is 5.97 Å². The molecule has 1 fully saturated rings. The maximum absolute atomic E-state index is 12.0. The van der Waals surface area contributed by atoms with Gasteiger partial charge in [0.05, 0.1) is 5.92 Å². The molecular weight excluding hydrogens is 242 g/mol. The van der Waals surface area contributed by atoms with E-state index >= 15 is 0 Å². The summed E-state index contributed by atoms with van der Waals surface area (Å²) in [6.07, 6.45) is 2.13. The Morgan fingerprint density at radius 2 is 2.11 bits per heavy atom. The molecule has 1 aromatic carbocycles. The van der Waals surface area contributed by atoms with Crippen LogP contribution < -0.4 is 0 Å². The summed E-state index contributed by atoms with van der Waals surface area (Å²) in [5, 5.41) is 9.15. The highest BCUT2D eigenvalue weighted by Gasteiger charge is 2.36. The summed E-state index contributed by atoms with van der Waals surface area (Å²) >= 11 is 0. The van der Waals surface area contributed by atoms with Crippen LogP contribution in [0.4, 0.5) is 0 Å². The molecule has 1 aliphatic heterocycles. The minimum absolute atomic E-state index is 0.0749. The van der Waals surface area contributed by atoms with E-state index in [9.17, 15) is 9.59 Å². The van der Waals surface area contributed by atoms with Crippen molar-refractivity contribution in [2.45, 2.75) is 25.3 Å². The Hall–Kier alpha value is -1.68. The minimum Gasteiger partial charge on any atom is -0.481 e. The van der Waals surface area contributed by atoms with Crippen LogP contribution in [-0.2, 0) is 4.79 Å². The van der Waals surface area contributed by atoms with Gasteiger partial charge in [-0.25, -0.2) is 0 Å². The van der Waals surface area contributed by atoms with Crippen LogP contribution in [0.2, 0.25) is 0 Å². The molecule has 0 radical (unpaired) electrons. The number of hydrogen-bond donors (Lipinski definition) is 1. The van der Waals surface area contributed by atoms with Gasteiger partial charge in [-0.15, -0.1) is 0 Å². The fourth-order valence-electron chi connectivity index (χ4n) is 3.25. The van der Waals surface area contributed by atoms with E-state index in [1.54, 1.807) is 0 Å². The number of carbonyl (C=O) groups excluding carboxylic acids is 1. The number of ketones is 1. The molecule has 0 aromatic heterocycles. The third kappa shape index (κ3) is 2.16.